The van der Waals surface area contributed by atoms with E-state index in [9.17, 15) is 10.1 Å². The molecule has 0 amide bonds. The Hall–Kier alpha value is -3.10. The third kappa shape index (κ3) is 4.90. The minimum atomic E-state index is -0.992. The molecule has 0 heterocycles. The fourth-order valence-corrected chi connectivity index (χ4v) is 3.69. The van der Waals surface area contributed by atoms with Crippen molar-refractivity contribution in [2.75, 3.05) is 0 Å². The number of nitrogens with zero attached hydrogens (tertiary/aromatic N) is 1. The number of benzene rings is 3. The van der Waals surface area contributed by atoms with Gasteiger partial charge in [-0.25, -0.2) is 0 Å². The molecule has 0 bridgehead atoms. The van der Waals surface area contributed by atoms with Crippen LogP contribution in [-0.4, -0.2) is 5.97 Å². The third-order valence-electron chi connectivity index (χ3n) is 5.07. The molecule has 0 saturated heterocycles. The first-order valence-corrected chi connectivity index (χ1v) is 10.6. The highest BCUT2D eigenvalue weighted by Gasteiger charge is 2.39. The number of carbonyl (C=O) groups is 1. The van der Waals surface area contributed by atoms with E-state index in [1.165, 1.54) is 0 Å². The molecule has 1 saturated carbocycles. The van der Waals surface area contributed by atoms with Crippen molar-refractivity contribution in [2.45, 2.75) is 24.9 Å². The summed E-state index contributed by atoms with van der Waals surface area (Å²) < 4.78 is 12.5. The maximum Gasteiger partial charge on any atom is 0.315 e. The van der Waals surface area contributed by atoms with Crippen LogP contribution in [0.1, 0.15) is 36.0 Å². The van der Waals surface area contributed by atoms with Gasteiger partial charge in [-0.05, 0) is 60.7 Å². The summed E-state index contributed by atoms with van der Waals surface area (Å²) in [5.74, 6) is 0.843. The Morgan fingerprint density at radius 3 is 2.30 bits per heavy atom. The van der Waals surface area contributed by atoms with E-state index < -0.39 is 6.10 Å². The van der Waals surface area contributed by atoms with Crippen molar-refractivity contribution in [1.29, 1.82) is 5.26 Å². The molecule has 2 atom stereocenters. The number of ether oxygens (including phenoxy) is 2. The van der Waals surface area contributed by atoms with E-state index >= 15 is 0 Å². The Bertz CT molecular complexity index is 1060. The number of hydrogen-bond donors (Lipinski definition) is 0. The number of halogens is 1. The van der Waals surface area contributed by atoms with Gasteiger partial charge in [0, 0.05) is 10.0 Å². The lowest BCUT2D eigenvalue weighted by Crippen LogP contribution is -2.20. The number of hydrogen-bond acceptors (Lipinski definition) is 4. The van der Waals surface area contributed by atoms with Crippen molar-refractivity contribution in [3.63, 3.8) is 0 Å². The predicted octanol–water partition coefficient (Wildman–Crippen LogP) is 6.54. The smallest absolute Gasteiger partial charge is 0.315 e. The van der Waals surface area contributed by atoms with E-state index in [0.29, 0.717) is 17.1 Å². The summed E-state index contributed by atoms with van der Waals surface area (Å²) >= 11 is 3.43. The van der Waals surface area contributed by atoms with Gasteiger partial charge in [0.25, 0.3) is 0 Å². The molecule has 3 aromatic carbocycles. The van der Waals surface area contributed by atoms with E-state index in [1.807, 2.05) is 60.7 Å². The van der Waals surface area contributed by atoms with Crippen molar-refractivity contribution in [3.8, 4) is 17.6 Å². The van der Waals surface area contributed by atoms with Crippen LogP contribution in [0.25, 0.3) is 0 Å². The highest BCUT2D eigenvalue weighted by molar-refractivity contribution is 9.10. The van der Waals surface area contributed by atoms with Crippen LogP contribution >= 0.6 is 15.9 Å². The quantitative estimate of drug-likeness (QED) is 0.374. The topological polar surface area (TPSA) is 59.3 Å². The van der Waals surface area contributed by atoms with Crippen molar-refractivity contribution < 1.29 is 14.3 Å². The number of para-hydroxylation sites is 1. The number of esters is 1. The molecule has 3 aromatic rings. The molecule has 0 aliphatic heterocycles. The van der Waals surface area contributed by atoms with Gasteiger partial charge in [0.15, 0.2) is 0 Å². The summed E-state index contributed by atoms with van der Waals surface area (Å²) in [6, 6.07) is 26.3. The second-order valence-electron chi connectivity index (χ2n) is 7.30. The summed E-state index contributed by atoms with van der Waals surface area (Å²) in [6.07, 6.45) is 0.995. The van der Waals surface area contributed by atoms with Gasteiger partial charge in [-0.3, -0.25) is 4.79 Å². The molecular formula is C25H20BrNO3. The maximum absolute atomic E-state index is 13.0. The highest BCUT2D eigenvalue weighted by atomic mass is 79.9. The Morgan fingerprint density at radius 2 is 1.63 bits per heavy atom. The lowest BCUT2D eigenvalue weighted by atomic mass is 9.94. The molecule has 30 heavy (non-hydrogen) atoms. The first kappa shape index (κ1) is 20.2. The fraction of sp³-hybridized carbons (Fsp3) is 0.200. The minimum absolute atomic E-state index is 0.269. The molecule has 0 spiro atoms. The molecular weight excluding hydrogens is 442 g/mol. The van der Waals surface area contributed by atoms with Gasteiger partial charge in [0.2, 0.25) is 6.10 Å². The van der Waals surface area contributed by atoms with Crippen molar-refractivity contribution in [3.05, 3.63) is 94.5 Å². The average Bonchev–Trinajstić information content (AvgIpc) is 3.59. The van der Waals surface area contributed by atoms with Crippen molar-refractivity contribution >= 4 is 21.9 Å². The molecule has 0 aromatic heterocycles. The molecule has 1 aliphatic carbocycles. The van der Waals surface area contributed by atoms with Gasteiger partial charge >= 0.3 is 5.97 Å². The van der Waals surface area contributed by atoms with Crippen LogP contribution in [0.4, 0.5) is 0 Å². The van der Waals surface area contributed by atoms with E-state index in [2.05, 4.69) is 22.0 Å². The minimum Gasteiger partial charge on any atom is -0.457 e. The molecule has 4 rings (SSSR count). The molecule has 1 aliphatic rings. The first-order valence-electron chi connectivity index (χ1n) is 9.82. The van der Waals surface area contributed by atoms with E-state index in [-0.39, 0.29) is 17.8 Å². The van der Waals surface area contributed by atoms with Gasteiger partial charge in [-0.1, -0.05) is 58.4 Å². The zero-order chi connectivity index (χ0) is 20.9. The molecule has 1 fully saturated rings. The molecule has 150 valence electrons. The summed E-state index contributed by atoms with van der Waals surface area (Å²) in [6.45, 7) is 0. The Labute approximate surface area is 184 Å². The van der Waals surface area contributed by atoms with Crippen LogP contribution in [0.3, 0.4) is 0 Å². The van der Waals surface area contributed by atoms with Crippen LogP contribution in [0, 0.1) is 17.2 Å². The lowest BCUT2D eigenvalue weighted by molar-refractivity contribution is -0.149. The van der Waals surface area contributed by atoms with Crippen molar-refractivity contribution in [1.82, 2.24) is 0 Å². The second-order valence-corrected chi connectivity index (χ2v) is 8.22. The summed E-state index contributed by atoms with van der Waals surface area (Å²) in [5.41, 5.74) is 1.51. The van der Waals surface area contributed by atoms with Crippen LogP contribution in [-0.2, 0) is 9.53 Å². The standard InChI is InChI=1S/C25H20BrNO3/c26-20-13-11-18(12-14-20)24(17-9-10-17)25(28)30-23(16-27)19-5-4-8-22(15-19)29-21-6-2-1-3-7-21/h1-8,11-15,17,23-24H,9-10H2. The van der Waals surface area contributed by atoms with Gasteiger partial charge in [-0.2, -0.15) is 5.26 Å². The zero-order valence-electron chi connectivity index (χ0n) is 16.2. The highest BCUT2D eigenvalue weighted by Crippen LogP contribution is 2.44. The Balaban J connectivity index is 1.51. The average molecular weight is 462 g/mol. The largest absolute Gasteiger partial charge is 0.457 e. The molecule has 0 N–H and O–H groups in total. The Kier molecular flexibility index (Phi) is 6.15. The normalized spacial score (nSPS) is 14.9. The molecule has 5 heteroatoms. The summed E-state index contributed by atoms with van der Waals surface area (Å²) in [4.78, 5) is 13.0. The van der Waals surface area contributed by atoms with E-state index in [4.69, 9.17) is 9.47 Å². The van der Waals surface area contributed by atoms with Crippen molar-refractivity contribution in [2.24, 2.45) is 5.92 Å². The number of carbonyl (C=O) groups excluding carboxylic acids is 1. The second kappa shape index (κ2) is 9.15. The third-order valence-corrected chi connectivity index (χ3v) is 5.60. The number of nitriles is 1. The summed E-state index contributed by atoms with van der Waals surface area (Å²) in [7, 11) is 0. The molecule has 4 nitrogen and oxygen atoms in total. The molecule has 0 radical (unpaired) electrons. The van der Waals surface area contributed by atoms with E-state index in [0.717, 1.165) is 22.9 Å². The fourth-order valence-electron chi connectivity index (χ4n) is 3.42. The predicted molar refractivity (Wildman–Crippen MR) is 117 cm³/mol. The van der Waals surface area contributed by atoms with Gasteiger partial charge in [0.1, 0.15) is 17.6 Å². The van der Waals surface area contributed by atoms with Crippen LogP contribution in [0.15, 0.2) is 83.3 Å². The van der Waals surface area contributed by atoms with Gasteiger partial charge < -0.3 is 9.47 Å². The SMILES string of the molecule is N#CC(OC(=O)C(c1ccc(Br)cc1)C1CC1)c1cccc(Oc2ccccc2)c1. The first-order chi connectivity index (χ1) is 14.6. The van der Waals surface area contributed by atoms with Gasteiger partial charge in [-0.15, -0.1) is 0 Å². The van der Waals surface area contributed by atoms with Crippen LogP contribution < -0.4 is 4.74 Å². The van der Waals surface area contributed by atoms with Crippen LogP contribution in [0.5, 0.6) is 11.5 Å². The monoisotopic (exact) mass is 461 g/mol. The van der Waals surface area contributed by atoms with E-state index in [1.54, 1.807) is 18.2 Å². The zero-order valence-corrected chi connectivity index (χ0v) is 17.8. The van der Waals surface area contributed by atoms with Gasteiger partial charge in [0.05, 0.1) is 5.92 Å². The Morgan fingerprint density at radius 1 is 0.933 bits per heavy atom. The maximum atomic E-state index is 13.0. The number of rotatable bonds is 7. The van der Waals surface area contributed by atoms with Crippen LogP contribution in [0.2, 0.25) is 0 Å². The molecule has 2 unspecified atom stereocenters. The lowest BCUT2D eigenvalue weighted by Gasteiger charge is -2.19. The summed E-state index contributed by atoms with van der Waals surface area (Å²) in [5, 5.41) is 9.68.